The number of fused-ring (bicyclic) bond motifs is 1. The molecule has 2 aliphatic heterocycles. The normalized spacial score (nSPS) is 16.0. The topological polar surface area (TPSA) is 50.2 Å². The number of anilines is 1. The summed E-state index contributed by atoms with van der Waals surface area (Å²) in [5.74, 6) is 0.638. The van der Waals surface area contributed by atoms with E-state index in [-0.39, 0.29) is 5.82 Å². The van der Waals surface area contributed by atoms with Gasteiger partial charge in [0.05, 0.1) is 37.3 Å². The van der Waals surface area contributed by atoms with Crippen molar-refractivity contribution in [2.75, 3.05) is 44.5 Å². The molecule has 2 aromatic rings. The van der Waals surface area contributed by atoms with Gasteiger partial charge >= 0.3 is 0 Å². The number of likely N-dealkylation sites (tertiary alicyclic amines) is 1. The van der Waals surface area contributed by atoms with Crippen molar-refractivity contribution in [1.29, 1.82) is 0 Å². The minimum atomic E-state index is -0.299. The largest absolute Gasteiger partial charge is 0.486 e. The molecule has 0 radical (unpaired) electrons. The molecule has 0 bridgehead atoms. The summed E-state index contributed by atoms with van der Waals surface area (Å²) in [7, 11) is 1.59. The molecule has 1 fully saturated rings. The van der Waals surface area contributed by atoms with E-state index in [0.717, 1.165) is 36.2 Å². The molecule has 8 heteroatoms. The van der Waals surface area contributed by atoms with E-state index in [0.29, 0.717) is 24.3 Å². The van der Waals surface area contributed by atoms with E-state index in [1.165, 1.54) is 18.9 Å². The van der Waals surface area contributed by atoms with Crippen LogP contribution >= 0.6 is 11.8 Å². The first-order valence-corrected chi connectivity index (χ1v) is 11.9. The maximum absolute atomic E-state index is 14.0. The van der Waals surface area contributed by atoms with Gasteiger partial charge in [0.2, 0.25) is 5.88 Å². The Balaban J connectivity index is 0.000000628. The Labute approximate surface area is 188 Å². The number of thioether (sulfide) groups is 1. The smallest absolute Gasteiger partial charge is 0.213 e. The van der Waals surface area contributed by atoms with E-state index in [9.17, 15) is 4.39 Å². The van der Waals surface area contributed by atoms with Crippen molar-refractivity contribution < 1.29 is 13.9 Å². The number of aliphatic imine (C=N–C) groups is 1. The maximum atomic E-state index is 14.0. The van der Waals surface area contributed by atoms with Gasteiger partial charge in [-0.05, 0) is 24.5 Å². The van der Waals surface area contributed by atoms with Gasteiger partial charge in [0.25, 0.3) is 0 Å². The second-order valence-corrected chi connectivity index (χ2v) is 8.12. The van der Waals surface area contributed by atoms with Gasteiger partial charge in [-0.15, -0.1) is 0 Å². The van der Waals surface area contributed by atoms with E-state index >= 15 is 0 Å². The highest BCUT2D eigenvalue weighted by molar-refractivity contribution is 8.13. The van der Waals surface area contributed by atoms with Crippen LogP contribution in [0.4, 0.5) is 15.8 Å². The van der Waals surface area contributed by atoms with Crippen LogP contribution in [0.25, 0.3) is 0 Å². The number of hydrogen-bond donors (Lipinski definition) is 0. The summed E-state index contributed by atoms with van der Waals surface area (Å²) in [5, 5.41) is 0.950. The Morgan fingerprint density at radius 1 is 1.26 bits per heavy atom. The molecule has 4 rings (SSSR count). The monoisotopic (exact) mass is 446 g/mol. The molecule has 0 amide bonds. The van der Waals surface area contributed by atoms with Crippen molar-refractivity contribution in [3.63, 3.8) is 0 Å². The number of ether oxygens (including phenoxy) is 2. The minimum absolute atomic E-state index is 0.299. The average Bonchev–Trinajstić information content (AvgIpc) is 2.78. The molecule has 168 valence electrons. The van der Waals surface area contributed by atoms with Gasteiger partial charge in [-0.2, -0.15) is 0 Å². The number of nitrogens with zero attached hydrogens (tertiary/aromatic N) is 4. The zero-order chi connectivity index (χ0) is 22.2. The number of amidine groups is 1. The lowest BCUT2D eigenvalue weighted by Gasteiger charge is -2.48. The number of unbranched alkanes of at least 4 members (excludes halogenated alkanes) is 1. The number of methoxy groups -OCH3 is 1. The van der Waals surface area contributed by atoms with Crippen LogP contribution in [0, 0.1) is 5.82 Å². The van der Waals surface area contributed by atoms with Crippen LogP contribution in [0.1, 0.15) is 26.7 Å². The number of pyridine rings is 1. The molecule has 31 heavy (non-hydrogen) atoms. The Kier molecular flexibility index (Phi) is 8.40. The first kappa shape index (κ1) is 23.2. The van der Waals surface area contributed by atoms with E-state index in [1.807, 2.05) is 18.4 Å². The molecule has 1 saturated heterocycles. The van der Waals surface area contributed by atoms with Crippen LogP contribution in [0.2, 0.25) is 0 Å². The average molecular weight is 447 g/mol. The zero-order valence-electron chi connectivity index (χ0n) is 18.7. The zero-order valence-corrected chi connectivity index (χ0v) is 19.5. The van der Waals surface area contributed by atoms with Gasteiger partial charge in [0.15, 0.2) is 16.7 Å². The molecule has 0 aliphatic carbocycles. The lowest BCUT2D eigenvalue weighted by Crippen LogP contribution is -2.62. The van der Waals surface area contributed by atoms with Crippen LogP contribution in [0.3, 0.4) is 0 Å². The van der Waals surface area contributed by atoms with E-state index in [1.54, 1.807) is 37.2 Å². The highest BCUT2D eigenvalue weighted by Crippen LogP contribution is 2.37. The number of benzene rings is 1. The van der Waals surface area contributed by atoms with Gasteiger partial charge in [0, 0.05) is 19.2 Å². The Hall–Kier alpha value is -2.48. The predicted molar refractivity (Wildman–Crippen MR) is 127 cm³/mol. The molecular weight excluding hydrogens is 415 g/mol. The van der Waals surface area contributed by atoms with Crippen molar-refractivity contribution in [1.82, 2.24) is 9.88 Å². The summed E-state index contributed by atoms with van der Waals surface area (Å²) < 4.78 is 24.6. The fourth-order valence-corrected chi connectivity index (χ4v) is 3.94. The third-order valence-electron chi connectivity index (χ3n) is 5.24. The number of halogens is 1. The van der Waals surface area contributed by atoms with Gasteiger partial charge in [-0.1, -0.05) is 44.5 Å². The molecule has 0 atom stereocenters. The molecule has 1 aromatic carbocycles. The second kappa shape index (κ2) is 11.2. The van der Waals surface area contributed by atoms with Crippen LogP contribution in [0.15, 0.2) is 41.5 Å². The number of hydrogen-bond acceptors (Lipinski definition) is 6. The number of para-hydroxylation sites is 1. The summed E-state index contributed by atoms with van der Waals surface area (Å²) >= 11 is 1.61. The standard InChI is InChI=1S/C19H21FN4O2S.C4H10/c1-25-17-7-6-13(10-21-17)22-19(27-2)23-11-14(12-23)24-8-9-26-18-15(20)4-3-5-16(18)24;1-3-4-2/h3-7,10,14H,8-9,11-12H2,1-2H3;3-4H2,1-2H3. The summed E-state index contributed by atoms with van der Waals surface area (Å²) in [5.41, 5.74) is 1.63. The summed E-state index contributed by atoms with van der Waals surface area (Å²) in [4.78, 5) is 13.4. The van der Waals surface area contributed by atoms with Crippen LogP contribution < -0.4 is 14.4 Å². The van der Waals surface area contributed by atoms with Crippen molar-refractivity contribution in [2.45, 2.75) is 32.7 Å². The van der Waals surface area contributed by atoms with E-state index < -0.39 is 0 Å². The highest BCUT2D eigenvalue weighted by Gasteiger charge is 2.36. The second-order valence-electron chi connectivity index (χ2n) is 7.35. The Morgan fingerprint density at radius 3 is 2.65 bits per heavy atom. The van der Waals surface area contributed by atoms with E-state index in [4.69, 9.17) is 14.5 Å². The molecule has 0 N–H and O–H groups in total. The molecule has 1 aromatic heterocycles. The third-order valence-corrected chi connectivity index (χ3v) is 5.96. The van der Waals surface area contributed by atoms with Gasteiger partial charge in [0.1, 0.15) is 6.61 Å². The van der Waals surface area contributed by atoms with Crippen molar-refractivity contribution in [3.8, 4) is 11.6 Å². The maximum Gasteiger partial charge on any atom is 0.213 e. The third kappa shape index (κ3) is 5.61. The molecule has 6 nitrogen and oxygen atoms in total. The van der Waals surface area contributed by atoms with Crippen LogP contribution in [-0.2, 0) is 0 Å². The molecular formula is C23H31FN4O2S. The van der Waals surface area contributed by atoms with Crippen molar-refractivity contribution in [2.24, 2.45) is 4.99 Å². The Morgan fingerprint density at radius 2 is 2.03 bits per heavy atom. The fourth-order valence-electron chi connectivity index (χ4n) is 3.34. The SMILES string of the molecule is CCCC.COc1ccc(N=C(SC)N2CC(N3CCOc4c(F)cccc43)C2)cn1. The van der Waals surface area contributed by atoms with Gasteiger partial charge in [-0.3, -0.25) is 0 Å². The van der Waals surface area contributed by atoms with Crippen LogP contribution in [-0.4, -0.2) is 60.7 Å². The molecule has 0 saturated carbocycles. The first-order chi connectivity index (χ1) is 15.1. The molecule has 0 unspecified atom stereocenters. The molecule has 0 spiro atoms. The fraction of sp³-hybridized carbons (Fsp3) is 0.478. The minimum Gasteiger partial charge on any atom is -0.486 e. The molecule has 2 aliphatic rings. The summed E-state index contributed by atoms with van der Waals surface area (Å²) in [6.07, 6.45) is 6.36. The van der Waals surface area contributed by atoms with Crippen molar-refractivity contribution in [3.05, 3.63) is 42.3 Å². The quantitative estimate of drug-likeness (QED) is 0.488. The van der Waals surface area contributed by atoms with E-state index in [2.05, 4.69) is 28.6 Å². The lowest BCUT2D eigenvalue weighted by molar-refractivity contribution is 0.219. The predicted octanol–water partition coefficient (Wildman–Crippen LogP) is 4.97. The first-order valence-electron chi connectivity index (χ1n) is 10.7. The summed E-state index contributed by atoms with van der Waals surface area (Å²) in [6.45, 7) is 7.33. The number of rotatable bonds is 4. The highest BCUT2D eigenvalue weighted by atomic mass is 32.2. The molecule has 3 heterocycles. The van der Waals surface area contributed by atoms with Crippen LogP contribution in [0.5, 0.6) is 11.6 Å². The Bertz CT molecular complexity index is 870. The van der Waals surface area contributed by atoms with Crippen molar-refractivity contribution >= 4 is 28.3 Å². The lowest BCUT2D eigenvalue weighted by atomic mass is 10.1. The van der Waals surface area contributed by atoms with Gasteiger partial charge < -0.3 is 19.3 Å². The number of aromatic nitrogens is 1. The van der Waals surface area contributed by atoms with Gasteiger partial charge in [-0.25, -0.2) is 14.4 Å². The summed E-state index contributed by atoms with van der Waals surface area (Å²) in [6, 6.07) is 9.11.